The molecule has 0 bridgehead atoms. The first-order valence-corrected chi connectivity index (χ1v) is 9.24. The Bertz CT molecular complexity index is 691. The third-order valence-electron chi connectivity index (χ3n) is 3.62. The van der Waals surface area contributed by atoms with E-state index in [0.29, 0.717) is 24.8 Å². The molecule has 1 aliphatic rings. The minimum absolute atomic E-state index is 0.0815. The van der Waals surface area contributed by atoms with Gasteiger partial charge in [0.05, 0.1) is 32.5 Å². The molecule has 0 fully saturated rings. The summed E-state index contributed by atoms with van der Waals surface area (Å²) in [7, 11) is -0.796. The molecule has 1 aromatic rings. The highest BCUT2D eigenvalue weighted by Gasteiger charge is 2.21. The van der Waals surface area contributed by atoms with Crippen molar-refractivity contribution in [2.45, 2.75) is 24.7 Å². The van der Waals surface area contributed by atoms with E-state index in [1.54, 1.807) is 6.07 Å². The Morgan fingerprint density at radius 2 is 2.04 bits per heavy atom. The summed E-state index contributed by atoms with van der Waals surface area (Å²) in [5.41, 5.74) is 0. The van der Waals surface area contributed by atoms with E-state index in [0.717, 1.165) is 19.4 Å². The van der Waals surface area contributed by atoms with Gasteiger partial charge in [-0.05, 0) is 18.6 Å². The summed E-state index contributed by atoms with van der Waals surface area (Å²) >= 11 is 0. The number of ether oxygens (including phenoxy) is 2. The molecule has 1 aliphatic heterocycles. The molecule has 0 spiro atoms. The molecule has 0 aliphatic carbocycles. The van der Waals surface area contributed by atoms with Gasteiger partial charge in [-0.25, -0.2) is 18.1 Å². The molecule has 0 saturated carbocycles. The fraction of sp³-hybridized carbons (Fsp3) is 0.533. The fourth-order valence-corrected chi connectivity index (χ4v) is 3.25. The zero-order chi connectivity index (χ0) is 17.6. The number of guanidine groups is 1. The first kappa shape index (κ1) is 18.3. The highest BCUT2D eigenvalue weighted by Crippen LogP contribution is 2.29. The highest BCUT2D eigenvalue weighted by molar-refractivity contribution is 7.90. The molecular formula is C15H24N4O4S. The third-order valence-corrected chi connectivity index (χ3v) is 4.96. The van der Waals surface area contributed by atoms with Crippen molar-refractivity contribution in [3.05, 3.63) is 18.2 Å². The Morgan fingerprint density at radius 1 is 1.29 bits per heavy atom. The van der Waals surface area contributed by atoms with Crippen molar-refractivity contribution in [1.82, 2.24) is 14.9 Å². The van der Waals surface area contributed by atoms with Gasteiger partial charge in [0.15, 0.2) is 11.5 Å². The number of hydrogen-bond donors (Lipinski definition) is 2. The zero-order valence-electron chi connectivity index (χ0n) is 14.2. The predicted octanol–water partition coefficient (Wildman–Crippen LogP) is 0.958. The van der Waals surface area contributed by atoms with Crippen LogP contribution in [0.4, 0.5) is 0 Å². The van der Waals surface area contributed by atoms with E-state index in [1.165, 1.54) is 26.4 Å². The fourth-order valence-electron chi connectivity index (χ4n) is 2.23. The quantitative estimate of drug-likeness (QED) is 0.756. The van der Waals surface area contributed by atoms with Crippen LogP contribution in [0.3, 0.4) is 0 Å². The number of methoxy groups -OCH3 is 2. The Morgan fingerprint density at radius 3 is 2.62 bits per heavy atom. The molecule has 0 radical (unpaired) electrons. The molecule has 134 valence electrons. The van der Waals surface area contributed by atoms with Crippen molar-refractivity contribution < 1.29 is 17.9 Å². The van der Waals surface area contributed by atoms with Crippen molar-refractivity contribution in [2.24, 2.45) is 4.99 Å². The molecule has 24 heavy (non-hydrogen) atoms. The average molecular weight is 356 g/mol. The molecular weight excluding hydrogens is 332 g/mol. The topological polar surface area (TPSA) is 92.3 Å². The normalized spacial score (nSPS) is 15.4. The van der Waals surface area contributed by atoms with Crippen LogP contribution in [0.25, 0.3) is 0 Å². The zero-order valence-corrected chi connectivity index (χ0v) is 15.0. The highest BCUT2D eigenvalue weighted by atomic mass is 32.2. The third kappa shape index (κ3) is 4.51. The maximum absolute atomic E-state index is 12.5. The number of nitrogens with one attached hydrogen (secondary N) is 2. The summed E-state index contributed by atoms with van der Waals surface area (Å²) in [6.07, 6.45) is 2.20. The molecule has 2 rings (SSSR count). The van der Waals surface area contributed by atoms with E-state index in [-0.39, 0.29) is 10.9 Å². The second kappa shape index (κ2) is 8.20. The number of unbranched alkanes of at least 4 members (excludes halogenated alkanes) is 1. The molecule has 0 atom stereocenters. The van der Waals surface area contributed by atoms with E-state index >= 15 is 0 Å². The van der Waals surface area contributed by atoms with E-state index in [4.69, 9.17) is 9.47 Å². The summed E-state index contributed by atoms with van der Waals surface area (Å²) in [6, 6.07) is 4.43. The summed E-state index contributed by atoms with van der Waals surface area (Å²) in [5, 5.41) is 2.98. The molecule has 0 amide bonds. The summed E-state index contributed by atoms with van der Waals surface area (Å²) in [4.78, 5) is 6.43. The SMILES string of the molecule is CCCCN1CN=C(NS(=O)(=O)c2ccc(OC)c(OC)c2)NC1. The van der Waals surface area contributed by atoms with E-state index < -0.39 is 10.0 Å². The molecule has 0 saturated heterocycles. The van der Waals surface area contributed by atoms with Gasteiger partial charge in [0, 0.05) is 12.6 Å². The maximum Gasteiger partial charge on any atom is 0.264 e. The van der Waals surface area contributed by atoms with Gasteiger partial charge in [0.1, 0.15) is 0 Å². The lowest BCUT2D eigenvalue weighted by atomic mass is 10.3. The second-order valence-corrected chi connectivity index (χ2v) is 7.04. The van der Waals surface area contributed by atoms with Crippen molar-refractivity contribution in [1.29, 1.82) is 0 Å². The lowest BCUT2D eigenvalue weighted by Gasteiger charge is -2.26. The Labute approximate surface area is 142 Å². The standard InChI is InChI=1S/C15H24N4O4S/c1-4-5-8-19-10-16-15(17-11-19)18-24(20,21)12-6-7-13(22-2)14(9-12)23-3/h6-7,9H,4-5,8,10-11H2,1-3H3,(H2,16,17,18). The summed E-state index contributed by atoms with van der Waals surface area (Å²) < 4.78 is 37.7. The van der Waals surface area contributed by atoms with Crippen molar-refractivity contribution in [3.8, 4) is 11.5 Å². The molecule has 8 nitrogen and oxygen atoms in total. The number of benzene rings is 1. The number of aliphatic imine (C=N–C) groups is 1. The van der Waals surface area contributed by atoms with Crippen molar-refractivity contribution in [3.63, 3.8) is 0 Å². The minimum atomic E-state index is -3.75. The average Bonchev–Trinajstić information content (AvgIpc) is 2.60. The van der Waals surface area contributed by atoms with Gasteiger partial charge in [0.2, 0.25) is 5.96 Å². The van der Waals surface area contributed by atoms with Crippen LogP contribution in [0.5, 0.6) is 11.5 Å². The van der Waals surface area contributed by atoms with Crippen LogP contribution in [0.15, 0.2) is 28.1 Å². The van der Waals surface area contributed by atoms with Crippen LogP contribution in [0.1, 0.15) is 19.8 Å². The van der Waals surface area contributed by atoms with Crippen LogP contribution < -0.4 is 19.5 Å². The lowest BCUT2D eigenvalue weighted by molar-refractivity contribution is 0.259. The molecule has 0 unspecified atom stereocenters. The number of rotatable bonds is 7. The molecule has 2 N–H and O–H groups in total. The first-order chi connectivity index (χ1) is 11.5. The van der Waals surface area contributed by atoms with Gasteiger partial charge in [-0.2, -0.15) is 0 Å². The smallest absolute Gasteiger partial charge is 0.264 e. The van der Waals surface area contributed by atoms with Crippen LogP contribution >= 0.6 is 0 Å². The minimum Gasteiger partial charge on any atom is -0.493 e. The van der Waals surface area contributed by atoms with Gasteiger partial charge < -0.3 is 14.8 Å². The number of nitrogens with zero attached hydrogens (tertiary/aromatic N) is 2. The van der Waals surface area contributed by atoms with Gasteiger partial charge in [-0.15, -0.1) is 0 Å². The first-order valence-electron chi connectivity index (χ1n) is 7.75. The largest absolute Gasteiger partial charge is 0.493 e. The van der Waals surface area contributed by atoms with Gasteiger partial charge in [-0.3, -0.25) is 4.90 Å². The maximum atomic E-state index is 12.5. The van der Waals surface area contributed by atoms with Gasteiger partial charge in [-0.1, -0.05) is 13.3 Å². The van der Waals surface area contributed by atoms with Crippen LogP contribution in [0, 0.1) is 0 Å². The van der Waals surface area contributed by atoms with E-state index in [1.807, 2.05) is 0 Å². The van der Waals surface area contributed by atoms with Crippen LogP contribution in [0.2, 0.25) is 0 Å². The monoisotopic (exact) mass is 356 g/mol. The Balaban J connectivity index is 2.08. The molecule has 9 heteroatoms. The number of sulfonamides is 1. The summed E-state index contributed by atoms with van der Waals surface area (Å²) in [5.74, 6) is 1.07. The number of hydrogen-bond acceptors (Lipinski definition) is 7. The Hall–Kier alpha value is -2.00. The molecule has 1 heterocycles. The molecule has 1 aromatic carbocycles. The van der Waals surface area contributed by atoms with Crippen LogP contribution in [-0.2, 0) is 10.0 Å². The molecule has 0 aromatic heterocycles. The van der Waals surface area contributed by atoms with E-state index in [2.05, 4.69) is 26.9 Å². The van der Waals surface area contributed by atoms with Gasteiger partial charge in [0.25, 0.3) is 10.0 Å². The lowest BCUT2D eigenvalue weighted by Crippen LogP contribution is -2.50. The Kier molecular flexibility index (Phi) is 6.27. The van der Waals surface area contributed by atoms with Crippen molar-refractivity contribution >= 4 is 16.0 Å². The predicted molar refractivity (Wildman–Crippen MR) is 91.8 cm³/mol. The van der Waals surface area contributed by atoms with E-state index in [9.17, 15) is 8.42 Å². The van der Waals surface area contributed by atoms with Crippen molar-refractivity contribution in [2.75, 3.05) is 34.1 Å². The summed E-state index contributed by atoms with van der Waals surface area (Å²) in [6.45, 7) is 4.09. The van der Waals surface area contributed by atoms with Gasteiger partial charge >= 0.3 is 0 Å². The second-order valence-electron chi connectivity index (χ2n) is 5.35. The van der Waals surface area contributed by atoms with Crippen LogP contribution in [-0.4, -0.2) is 53.4 Å².